The maximum Gasteiger partial charge on any atom is 0.250 e. The van der Waals surface area contributed by atoms with Crippen LogP contribution in [0.15, 0.2) is 47.4 Å². The minimum Gasteiger partial charge on any atom is -0.373 e. The van der Waals surface area contributed by atoms with Crippen molar-refractivity contribution in [2.24, 2.45) is 0 Å². The number of ether oxygens (including phenoxy) is 2. The Morgan fingerprint density at radius 2 is 2.18 bits per heavy atom. The molecule has 4 heterocycles. The summed E-state index contributed by atoms with van der Waals surface area (Å²) in [6.45, 7) is 3.53. The number of aromatic nitrogens is 2. The zero-order valence-corrected chi connectivity index (χ0v) is 16.0. The van der Waals surface area contributed by atoms with Crippen LogP contribution in [0.4, 0.5) is 0 Å². The number of fused-ring (bicyclic) bond motifs is 1. The van der Waals surface area contributed by atoms with E-state index in [9.17, 15) is 9.59 Å². The Bertz CT molecular complexity index is 897. The second kappa shape index (κ2) is 8.24. The number of amides is 1. The first-order chi connectivity index (χ1) is 13.6. The van der Waals surface area contributed by atoms with Crippen molar-refractivity contribution in [1.29, 1.82) is 0 Å². The normalized spacial score (nSPS) is 24.2. The average Bonchev–Trinajstić information content (AvgIpc) is 3.07. The minimum absolute atomic E-state index is 0.00358. The maximum absolute atomic E-state index is 12.9. The fourth-order valence-electron chi connectivity index (χ4n) is 4.04. The smallest absolute Gasteiger partial charge is 0.250 e. The summed E-state index contributed by atoms with van der Waals surface area (Å²) in [4.78, 5) is 31.2. The van der Waals surface area contributed by atoms with Crippen molar-refractivity contribution >= 4 is 5.91 Å². The molecule has 0 spiro atoms. The van der Waals surface area contributed by atoms with Gasteiger partial charge >= 0.3 is 0 Å². The predicted octanol–water partition coefficient (Wildman–Crippen LogP) is 1.53. The maximum atomic E-state index is 12.9. The summed E-state index contributed by atoms with van der Waals surface area (Å²) >= 11 is 0. The summed E-state index contributed by atoms with van der Waals surface area (Å²) in [6, 6.07) is 10.7. The number of pyridine rings is 2. The highest BCUT2D eigenvalue weighted by molar-refractivity contribution is 5.77. The first-order valence-electron chi connectivity index (χ1n) is 9.72. The molecule has 2 fully saturated rings. The van der Waals surface area contributed by atoms with Crippen molar-refractivity contribution in [3.05, 3.63) is 64.3 Å². The molecule has 0 saturated carbocycles. The highest BCUT2D eigenvalue weighted by atomic mass is 16.5. The van der Waals surface area contributed by atoms with Gasteiger partial charge < -0.3 is 18.9 Å². The quantitative estimate of drug-likeness (QED) is 0.783. The first-order valence-corrected chi connectivity index (χ1v) is 9.72. The second-order valence-electron chi connectivity index (χ2n) is 7.38. The Balaban J connectivity index is 1.45. The lowest BCUT2D eigenvalue weighted by Gasteiger charge is -2.32. The van der Waals surface area contributed by atoms with Crippen LogP contribution in [0, 0.1) is 6.92 Å². The van der Waals surface area contributed by atoms with Crippen LogP contribution in [-0.4, -0.2) is 51.8 Å². The number of hydrogen-bond donors (Lipinski definition) is 0. The van der Waals surface area contributed by atoms with Gasteiger partial charge in [0.15, 0.2) is 0 Å². The molecule has 2 aromatic rings. The molecule has 4 rings (SSSR count). The second-order valence-corrected chi connectivity index (χ2v) is 7.38. The number of likely N-dealkylation sites (tertiary alicyclic amines) is 1. The number of nitrogens with zero attached hydrogens (tertiary/aromatic N) is 3. The molecule has 1 amide bonds. The standard InChI is InChI=1S/C21H25N3O4/c1-15-6-4-7-16(22-15)14-28-18-12-24(17-8-5-11-27-21(17)18)20(26)13-23-10-3-2-9-19(23)25/h2-4,6-7,9-10,17-18,21H,5,8,11-14H2,1H3/t17-,18+,21+/m1/s1. The van der Waals surface area contributed by atoms with Crippen molar-refractivity contribution < 1.29 is 14.3 Å². The number of aryl methyl sites for hydroxylation is 1. The van der Waals surface area contributed by atoms with Gasteiger partial charge in [0, 0.05) is 31.1 Å². The summed E-state index contributed by atoms with van der Waals surface area (Å²) in [7, 11) is 0. The Morgan fingerprint density at radius 3 is 3.00 bits per heavy atom. The molecule has 7 heteroatoms. The lowest BCUT2D eigenvalue weighted by Crippen LogP contribution is -2.45. The molecule has 3 atom stereocenters. The average molecular weight is 383 g/mol. The fourth-order valence-corrected chi connectivity index (χ4v) is 4.04. The van der Waals surface area contributed by atoms with Crippen LogP contribution in [0.2, 0.25) is 0 Å². The third kappa shape index (κ3) is 4.00. The monoisotopic (exact) mass is 383 g/mol. The van der Waals surface area contributed by atoms with E-state index in [0.29, 0.717) is 19.8 Å². The fraction of sp³-hybridized carbons (Fsp3) is 0.476. The van der Waals surface area contributed by atoms with E-state index < -0.39 is 0 Å². The molecule has 148 valence electrons. The number of rotatable bonds is 5. The molecule has 0 unspecified atom stereocenters. The minimum atomic E-state index is -0.191. The lowest BCUT2D eigenvalue weighted by atomic mass is 10.0. The van der Waals surface area contributed by atoms with Gasteiger partial charge in [-0.3, -0.25) is 14.6 Å². The summed E-state index contributed by atoms with van der Waals surface area (Å²) in [5, 5.41) is 0. The number of hydrogen-bond acceptors (Lipinski definition) is 5. The molecule has 7 nitrogen and oxygen atoms in total. The SMILES string of the molecule is Cc1cccc(CO[C@H]2CN(C(=O)Cn3ccccc3=O)[C@@H]3CCCO[C@H]23)n1. The van der Waals surface area contributed by atoms with Crippen LogP contribution >= 0.6 is 0 Å². The van der Waals surface area contributed by atoms with Crippen LogP contribution in [0.5, 0.6) is 0 Å². The van der Waals surface area contributed by atoms with Gasteiger partial charge in [0.1, 0.15) is 18.8 Å². The topological polar surface area (TPSA) is 73.7 Å². The summed E-state index contributed by atoms with van der Waals surface area (Å²) in [5.74, 6) is -0.0754. The molecular formula is C21H25N3O4. The molecule has 2 saturated heterocycles. The molecule has 0 bridgehead atoms. The van der Waals surface area contributed by atoms with Crippen LogP contribution in [0.1, 0.15) is 24.2 Å². The lowest BCUT2D eigenvalue weighted by molar-refractivity contribution is -0.135. The zero-order valence-electron chi connectivity index (χ0n) is 16.0. The van der Waals surface area contributed by atoms with Crippen molar-refractivity contribution in [2.45, 2.75) is 51.2 Å². The van der Waals surface area contributed by atoms with Gasteiger partial charge in [-0.2, -0.15) is 0 Å². The van der Waals surface area contributed by atoms with Gasteiger partial charge in [-0.1, -0.05) is 12.1 Å². The van der Waals surface area contributed by atoms with Crippen LogP contribution in [-0.2, 0) is 27.4 Å². The summed E-state index contributed by atoms with van der Waals surface area (Å²) in [5.41, 5.74) is 1.64. The molecule has 28 heavy (non-hydrogen) atoms. The molecule has 2 aliphatic rings. The van der Waals surface area contributed by atoms with Crippen molar-refractivity contribution in [1.82, 2.24) is 14.5 Å². The van der Waals surface area contributed by atoms with Gasteiger partial charge in [0.05, 0.1) is 18.3 Å². The van der Waals surface area contributed by atoms with E-state index in [4.69, 9.17) is 9.47 Å². The van der Waals surface area contributed by atoms with E-state index in [1.807, 2.05) is 30.0 Å². The first kappa shape index (κ1) is 18.8. The largest absolute Gasteiger partial charge is 0.373 e. The van der Waals surface area contributed by atoms with Crippen LogP contribution in [0.25, 0.3) is 0 Å². The van der Waals surface area contributed by atoms with Gasteiger partial charge in [-0.05, 0) is 38.0 Å². The highest BCUT2D eigenvalue weighted by Crippen LogP contribution is 2.31. The Morgan fingerprint density at radius 1 is 1.29 bits per heavy atom. The number of carbonyl (C=O) groups excluding carboxylic acids is 1. The Hall–Kier alpha value is -2.51. The Labute approximate surface area is 163 Å². The van der Waals surface area contributed by atoms with Gasteiger partial charge in [-0.25, -0.2) is 0 Å². The highest BCUT2D eigenvalue weighted by Gasteiger charge is 2.46. The summed E-state index contributed by atoms with van der Waals surface area (Å²) in [6.07, 6.45) is 3.13. The van der Waals surface area contributed by atoms with Crippen molar-refractivity contribution in [3.63, 3.8) is 0 Å². The number of carbonyl (C=O) groups is 1. The predicted molar refractivity (Wildman–Crippen MR) is 103 cm³/mol. The van der Waals surface area contributed by atoms with Gasteiger partial charge in [0.25, 0.3) is 5.56 Å². The summed E-state index contributed by atoms with van der Waals surface area (Å²) < 4.78 is 13.5. The van der Waals surface area contributed by atoms with E-state index in [1.165, 1.54) is 10.6 Å². The van der Waals surface area contributed by atoms with Gasteiger partial charge in [-0.15, -0.1) is 0 Å². The van der Waals surface area contributed by atoms with E-state index in [0.717, 1.165) is 24.2 Å². The molecule has 0 aromatic carbocycles. The Kier molecular flexibility index (Phi) is 5.54. The van der Waals surface area contributed by atoms with Crippen LogP contribution in [0.3, 0.4) is 0 Å². The molecule has 0 aliphatic carbocycles. The van der Waals surface area contributed by atoms with Crippen LogP contribution < -0.4 is 5.56 Å². The molecule has 2 aliphatic heterocycles. The van der Waals surface area contributed by atoms with E-state index in [2.05, 4.69) is 4.98 Å². The molecular weight excluding hydrogens is 358 g/mol. The van der Waals surface area contributed by atoms with Gasteiger partial charge in [0.2, 0.25) is 5.91 Å². The van der Waals surface area contributed by atoms with E-state index >= 15 is 0 Å². The zero-order chi connectivity index (χ0) is 19.5. The van der Waals surface area contributed by atoms with E-state index in [1.54, 1.807) is 18.3 Å². The van der Waals surface area contributed by atoms with E-state index in [-0.39, 0.29) is 36.3 Å². The third-order valence-electron chi connectivity index (χ3n) is 5.39. The molecule has 0 radical (unpaired) electrons. The molecule has 0 N–H and O–H groups in total. The van der Waals surface area contributed by atoms with Crippen molar-refractivity contribution in [2.75, 3.05) is 13.2 Å². The van der Waals surface area contributed by atoms with Crippen molar-refractivity contribution in [3.8, 4) is 0 Å². The third-order valence-corrected chi connectivity index (χ3v) is 5.39. The molecule has 2 aromatic heterocycles.